The number of halogens is 2. The Balaban J connectivity index is 0.000000153. The van der Waals surface area contributed by atoms with E-state index in [-0.39, 0.29) is 82.7 Å². The summed E-state index contributed by atoms with van der Waals surface area (Å²) >= 11 is 6.10. The third-order valence-corrected chi connectivity index (χ3v) is 28.0. The molecule has 36 heteroatoms. The van der Waals surface area contributed by atoms with Gasteiger partial charge in [0.1, 0.15) is 97.0 Å². The molecule has 0 radical (unpaired) electrons. The van der Waals surface area contributed by atoms with Gasteiger partial charge in [-0.3, -0.25) is 38.4 Å². The standard InChI is InChI=1S/C27H37N5O4.C25H33N5O4.C25H33N5O3.C23H27ClFN5O3/c1-6-23(33)31-11-8-17(9-12-31)20-7-10-29-27-24(26(28)34)25(30-32(20)27)18-14-21(35-4)19(13-16(2)3)22(15-18)36-5;1-6-21(31)29-10-8-16(11-14(29)2)18-7-9-27-25-22(24(26)32)23(28-30(18)25)17-12-19(33-4)15(3)20(13-17)34-5;1-5-21(31)29-11-8-17(9-12-29)19-7-10-27-25-22(24(26)32)23(28-30(19)25)18-13-15(3)16(4)20(14-18)33-6-2;1-3-18(31)29-9-6-13(7-10-29)16-5-8-27-23-19(22(26)32)21(28-30(16)23)14-11-15(24)20(25)17(12-14)33-4-2/h6,14-17,20,29H,1,7-13H2,2-5H3,(H2,28,34);6,12-14,16,18,27H,1,7-11H2,2-5H3,(H2,26,32);5,13-14,17,19,27H,1,6-12H2,2-4H3,(H2,26,32);3,11-13,16,27H,1,4-10H2,2H3,(H2,26,32). The number of nitrogens with one attached hydrogen (secondary N) is 4. The molecule has 8 amide bonds. The Labute approximate surface area is 798 Å². The summed E-state index contributed by atoms with van der Waals surface area (Å²) in [7, 11) is 6.47. The van der Waals surface area contributed by atoms with Crippen molar-refractivity contribution in [2.75, 3.05) is 135 Å². The van der Waals surface area contributed by atoms with E-state index in [1.54, 1.807) is 40.3 Å². The van der Waals surface area contributed by atoms with Gasteiger partial charge in [-0.25, -0.2) is 23.1 Å². The molecule has 12 heterocycles. The molecule has 136 heavy (non-hydrogen) atoms. The van der Waals surface area contributed by atoms with Gasteiger partial charge in [0, 0.05) is 111 Å². The summed E-state index contributed by atoms with van der Waals surface area (Å²) in [5.74, 6) is 4.73. The SMILES string of the molecule is C=CC(=O)N1CCC(C2CCNc3c(C(N)=O)c(-c4cc(C)c(C)c(OCC)c4)nn32)CC1.C=CC(=O)N1CCC(C2CCNc3c(C(N)=O)c(-c4cc(Cl)c(F)c(OCC)c4)nn32)CC1.C=CC(=O)N1CCC(C2CCNc3c(C(N)=O)c(-c4cc(OC)c(C)c(OC)c4)nn32)CC1C.C=CC(=O)N1CCC(C2CCNc3c(C(N)=O)c(-c4cc(OC)c(CC(C)C)c(OC)c4)nn32)CC1. The minimum Gasteiger partial charge on any atom is -0.496 e. The third-order valence-electron chi connectivity index (χ3n) is 27.7. The van der Waals surface area contributed by atoms with E-state index in [9.17, 15) is 42.7 Å². The van der Waals surface area contributed by atoms with Gasteiger partial charge < -0.3 is 92.2 Å². The Hall–Kier alpha value is -13.3. The smallest absolute Gasteiger partial charge is 0.254 e. The fourth-order valence-electron chi connectivity index (χ4n) is 20.8. The summed E-state index contributed by atoms with van der Waals surface area (Å²) in [4.78, 5) is 106. The normalized spacial score (nSPS) is 19.1. The van der Waals surface area contributed by atoms with Gasteiger partial charge in [0.15, 0.2) is 11.6 Å². The van der Waals surface area contributed by atoms with Crippen LogP contribution in [-0.4, -0.2) is 226 Å². The van der Waals surface area contributed by atoms with E-state index in [1.165, 1.54) is 36.4 Å². The van der Waals surface area contributed by atoms with Crippen molar-refractivity contribution in [3.63, 3.8) is 0 Å². The number of nitrogens with zero attached hydrogens (tertiary/aromatic N) is 12. The zero-order valence-corrected chi connectivity index (χ0v) is 80.8. The number of primary amides is 4. The molecule has 4 aromatic heterocycles. The van der Waals surface area contributed by atoms with Crippen LogP contribution in [-0.2, 0) is 25.6 Å². The Bertz CT molecular complexity index is 5630. The summed E-state index contributed by atoms with van der Waals surface area (Å²) in [6, 6.07) is 14.9. The molecule has 4 saturated heterocycles. The second-order valence-corrected chi connectivity index (χ2v) is 36.5. The molecule has 16 rings (SSSR count). The van der Waals surface area contributed by atoms with Crippen molar-refractivity contribution in [2.24, 2.45) is 52.5 Å². The largest absolute Gasteiger partial charge is 0.496 e. The number of aryl methyl sites for hydroxylation is 1. The van der Waals surface area contributed by atoms with Crippen LogP contribution in [0.25, 0.3) is 45.0 Å². The van der Waals surface area contributed by atoms with E-state index in [1.807, 2.05) is 97.5 Å². The predicted octanol–water partition coefficient (Wildman–Crippen LogP) is 13.9. The fraction of sp³-hybridized carbons (Fsp3) is 0.480. The molecule has 12 N–H and O–H groups in total. The van der Waals surface area contributed by atoms with E-state index < -0.39 is 29.4 Å². The lowest BCUT2D eigenvalue weighted by molar-refractivity contribution is -0.130. The zero-order chi connectivity index (χ0) is 97.9. The first kappa shape index (κ1) is 100. The molecule has 34 nitrogen and oxygen atoms in total. The summed E-state index contributed by atoms with van der Waals surface area (Å²) in [6.07, 6.45) is 16.6. The maximum Gasteiger partial charge on any atom is 0.254 e. The number of carbonyl (C=O) groups excluding carboxylic acids is 8. The van der Waals surface area contributed by atoms with Crippen LogP contribution in [0, 0.1) is 56.2 Å². The molecule has 8 aromatic rings. The van der Waals surface area contributed by atoms with Crippen molar-refractivity contribution in [3.8, 4) is 79.5 Å². The molecule has 8 aliphatic rings. The molecule has 4 aromatic carbocycles. The van der Waals surface area contributed by atoms with Crippen LogP contribution in [0.15, 0.2) is 99.2 Å². The molecule has 728 valence electrons. The van der Waals surface area contributed by atoms with E-state index in [0.717, 1.165) is 142 Å². The van der Waals surface area contributed by atoms with Gasteiger partial charge >= 0.3 is 0 Å². The van der Waals surface area contributed by atoms with Crippen LogP contribution < -0.4 is 72.6 Å². The number of fused-ring (bicyclic) bond motifs is 4. The van der Waals surface area contributed by atoms with E-state index in [2.05, 4.69) is 68.4 Å². The highest BCUT2D eigenvalue weighted by atomic mass is 35.5. The van der Waals surface area contributed by atoms with Gasteiger partial charge in [0.25, 0.3) is 23.6 Å². The fourth-order valence-corrected chi connectivity index (χ4v) is 21.0. The summed E-state index contributed by atoms with van der Waals surface area (Å²) < 4.78 is 55.7. The summed E-state index contributed by atoms with van der Waals surface area (Å²) in [5, 5.41) is 32.8. The lowest BCUT2D eigenvalue weighted by Gasteiger charge is -2.41. The van der Waals surface area contributed by atoms with Crippen LogP contribution >= 0.6 is 11.6 Å². The first-order valence-electron chi connectivity index (χ1n) is 47.0. The van der Waals surface area contributed by atoms with Gasteiger partial charge in [0.2, 0.25) is 23.6 Å². The number of hydrogen-bond donors (Lipinski definition) is 8. The van der Waals surface area contributed by atoms with E-state index in [4.69, 9.17) is 83.4 Å². The van der Waals surface area contributed by atoms with Crippen LogP contribution in [0.1, 0.15) is 200 Å². The second-order valence-electron chi connectivity index (χ2n) is 36.1. The van der Waals surface area contributed by atoms with Gasteiger partial charge in [-0.1, -0.05) is 51.8 Å². The van der Waals surface area contributed by atoms with Crippen molar-refractivity contribution in [1.29, 1.82) is 0 Å². The molecule has 0 spiro atoms. The monoisotopic (exact) mass is 1890 g/mol. The molecule has 4 fully saturated rings. The number of piperidine rings is 4. The topological polar surface area (TPSA) is 428 Å². The molecular formula is C100H130ClFN20O14. The lowest BCUT2D eigenvalue weighted by Crippen LogP contribution is -2.46. The quantitative estimate of drug-likeness (QED) is 0.0233. The zero-order valence-electron chi connectivity index (χ0n) is 80.1. The molecule has 0 aliphatic carbocycles. The number of aromatic nitrogens is 8. The van der Waals surface area contributed by atoms with Crippen molar-refractivity contribution >= 4 is 82.1 Å². The number of nitrogens with two attached hydrogens (primary N) is 4. The lowest BCUT2D eigenvalue weighted by atomic mass is 9.83. The highest BCUT2D eigenvalue weighted by molar-refractivity contribution is 6.31. The van der Waals surface area contributed by atoms with Crippen molar-refractivity contribution < 1.29 is 71.2 Å². The van der Waals surface area contributed by atoms with Crippen LogP contribution in [0.2, 0.25) is 5.02 Å². The Kier molecular flexibility index (Phi) is 32.4. The Morgan fingerprint density at radius 3 is 1.05 bits per heavy atom. The highest BCUT2D eigenvalue weighted by Gasteiger charge is 2.43. The third kappa shape index (κ3) is 20.9. The van der Waals surface area contributed by atoms with E-state index in [0.29, 0.717) is 179 Å². The average molecular weight is 1890 g/mol. The molecule has 6 atom stereocenters. The maximum absolute atomic E-state index is 14.4. The Morgan fingerprint density at radius 2 is 0.735 bits per heavy atom. The number of hydrogen-bond acceptors (Lipinski definition) is 22. The first-order chi connectivity index (χ1) is 65.3. The number of amides is 8. The molecular weight excluding hydrogens is 1760 g/mol. The highest BCUT2D eigenvalue weighted by Crippen LogP contribution is 2.49. The number of ether oxygens (including phenoxy) is 6. The minimum absolute atomic E-state index is 0.00911. The minimum atomic E-state index is -0.663. The molecule has 8 aliphatic heterocycles. The number of anilines is 4. The van der Waals surface area contributed by atoms with E-state index >= 15 is 0 Å². The van der Waals surface area contributed by atoms with Crippen LogP contribution in [0.3, 0.4) is 0 Å². The second kappa shape index (κ2) is 44.0. The number of likely N-dealkylation sites (tertiary alicyclic amines) is 4. The van der Waals surface area contributed by atoms with Crippen molar-refractivity contribution in [2.45, 2.75) is 169 Å². The van der Waals surface area contributed by atoms with Crippen LogP contribution in [0.5, 0.6) is 34.5 Å². The maximum atomic E-state index is 14.4. The molecule has 0 bridgehead atoms. The van der Waals surface area contributed by atoms with Crippen molar-refractivity contribution in [3.05, 3.63) is 154 Å². The molecule has 6 unspecified atom stereocenters. The average Bonchev–Trinajstić information content (AvgIpc) is 1.62. The van der Waals surface area contributed by atoms with Gasteiger partial charge in [0.05, 0.1) is 70.8 Å². The number of methoxy groups -OCH3 is 4. The number of carbonyl (C=O) groups is 8. The Morgan fingerprint density at radius 1 is 0.434 bits per heavy atom. The number of rotatable bonds is 26. The summed E-state index contributed by atoms with van der Waals surface area (Å²) in [5.41, 5.74) is 33.4. The predicted molar refractivity (Wildman–Crippen MR) is 522 cm³/mol. The molecule has 0 saturated carbocycles. The van der Waals surface area contributed by atoms with Gasteiger partial charge in [-0.15, -0.1) is 0 Å². The summed E-state index contributed by atoms with van der Waals surface area (Å²) in [6.45, 7) is 38.9. The first-order valence-corrected chi connectivity index (χ1v) is 47.3. The number of benzene rings is 4. The van der Waals surface area contributed by atoms with Gasteiger partial charge in [-0.05, 0) is 239 Å². The van der Waals surface area contributed by atoms with Crippen LogP contribution in [0.4, 0.5) is 27.7 Å². The van der Waals surface area contributed by atoms with Gasteiger partial charge in [-0.2, -0.15) is 20.4 Å². The van der Waals surface area contributed by atoms with Crippen molar-refractivity contribution in [1.82, 2.24) is 58.7 Å².